The van der Waals surface area contributed by atoms with Crippen molar-refractivity contribution in [2.24, 2.45) is 0 Å². The maximum Gasteiger partial charge on any atom is 0.356 e. The molecule has 0 fully saturated rings. The summed E-state index contributed by atoms with van der Waals surface area (Å²) < 4.78 is 1.44. The lowest BCUT2D eigenvalue weighted by molar-refractivity contribution is 0.0690. The van der Waals surface area contributed by atoms with Crippen molar-refractivity contribution in [1.29, 1.82) is 0 Å². The van der Waals surface area contributed by atoms with Gasteiger partial charge in [-0.1, -0.05) is 25.4 Å². The van der Waals surface area contributed by atoms with Gasteiger partial charge in [0, 0.05) is 28.5 Å². The van der Waals surface area contributed by atoms with Crippen LogP contribution in [0.15, 0.2) is 42.6 Å². The van der Waals surface area contributed by atoms with Crippen LogP contribution in [0.2, 0.25) is 5.02 Å². The minimum absolute atomic E-state index is 0.0345. The molecule has 24 heavy (non-hydrogen) atoms. The van der Waals surface area contributed by atoms with E-state index < -0.39 is 5.97 Å². The number of halogens is 1. The second-order valence-electron chi connectivity index (χ2n) is 5.59. The van der Waals surface area contributed by atoms with Crippen LogP contribution in [0.1, 0.15) is 35.9 Å². The first-order valence-electron chi connectivity index (χ1n) is 7.38. The number of benzene rings is 1. The molecule has 0 aliphatic rings. The Morgan fingerprint density at radius 1 is 1.17 bits per heavy atom. The van der Waals surface area contributed by atoms with Gasteiger partial charge in [-0.05, 0) is 36.2 Å². The van der Waals surface area contributed by atoms with Gasteiger partial charge >= 0.3 is 5.97 Å². The molecule has 0 spiro atoms. The fourth-order valence-electron chi connectivity index (χ4n) is 2.16. The minimum atomic E-state index is -1.08. The maximum atomic E-state index is 11.0. The molecule has 6 nitrogen and oxygen atoms in total. The lowest BCUT2D eigenvalue weighted by atomic mass is 10.1. The molecular formula is C17H15ClN4O2. The van der Waals surface area contributed by atoms with Gasteiger partial charge in [-0.3, -0.25) is 0 Å². The molecule has 0 amide bonds. The number of aromatic carboxylic acids is 1. The third-order valence-corrected chi connectivity index (χ3v) is 3.72. The molecule has 1 N–H and O–H groups in total. The van der Waals surface area contributed by atoms with Gasteiger partial charge in [0.15, 0.2) is 17.3 Å². The number of nitrogens with zero attached hydrogens (tertiary/aromatic N) is 4. The van der Waals surface area contributed by atoms with E-state index >= 15 is 0 Å². The van der Waals surface area contributed by atoms with Gasteiger partial charge in [0.1, 0.15) is 0 Å². The van der Waals surface area contributed by atoms with E-state index in [4.69, 9.17) is 16.7 Å². The van der Waals surface area contributed by atoms with Crippen LogP contribution in [-0.2, 0) is 0 Å². The van der Waals surface area contributed by atoms with E-state index in [0.29, 0.717) is 16.7 Å². The highest BCUT2D eigenvalue weighted by molar-refractivity contribution is 6.30. The number of rotatable bonds is 4. The Labute approximate surface area is 143 Å². The predicted molar refractivity (Wildman–Crippen MR) is 90.6 cm³/mol. The highest BCUT2D eigenvalue weighted by Gasteiger charge is 2.13. The van der Waals surface area contributed by atoms with E-state index in [1.807, 2.05) is 32.0 Å². The highest BCUT2D eigenvalue weighted by Crippen LogP contribution is 2.22. The standard InChI is InChI=1S/C17H15ClN4O2/c1-10(2)14-9-15(22-8-7-13(21-22)17(23)24)20-16(19-14)11-3-5-12(18)6-4-11/h3-10H,1-2H3,(H,23,24). The van der Waals surface area contributed by atoms with Crippen molar-refractivity contribution in [3.63, 3.8) is 0 Å². The molecule has 3 rings (SSSR count). The first-order chi connectivity index (χ1) is 11.4. The van der Waals surface area contributed by atoms with Gasteiger partial charge in [-0.15, -0.1) is 0 Å². The summed E-state index contributed by atoms with van der Waals surface area (Å²) in [6.07, 6.45) is 1.57. The Balaban J connectivity index is 2.11. The van der Waals surface area contributed by atoms with Crippen LogP contribution < -0.4 is 0 Å². The topological polar surface area (TPSA) is 80.9 Å². The molecule has 0 saturated heterocycles. The van der Waals surface area contributed by atoms with Gasteiger partial charge in [0.2, 0.25) is 0 Å². The average molecular weight is 343 g/mol. The number of carbonyl (C=O) groups is 1. The molecule has 2 aromatic heterocycles. The molecular weight excluding hydrogens is 328 g/mol. The quantitative estimate of drug-likeness (QED) is 0.779. The zero-order valence-electron chi connectivity index (χ0n) is 13.1. The minimum Gasteiger partial charge on any atom is -0.476 e. The second kappa shape index (κ2) is 6.41. The Bertz CT molecular complexity index is 888. The summed E-state index contributed by atoms with van der Waals surface area (Å²) in [5.74, 6) is 0.170. The van der Waals surface area contributed by atoms with Crippen molar-refractivity contribution < 1.29 is 9.90 Å². The molecule has 122 valence electrons. The predicted octanol–water partition coefficient (Wildman–Crippen LogP) is 3.80. The third-order valence-electron chi connectivity index (χ3n) is 3.47. The van der Waals surface area contributed by atoms with Crippen LogP contribution in [-0.4, -0.2) is 30.8 Å². The number of carboxylic acid groups (broad SMARTS) is 1. The molecule has 3 aromatic rings. The second-order valence-corrected chi connectivity index (χ2v) is 6.02. The first kappa shape index (κ1) is 16.1. The summed E-state index contributed by atoms with van der Waals surface area (Å²) in [7, 11) is 0. The molecule has 7 heteroatoms. The zero-order chi connectivity index (χ0) is 17.3. The van der Waals surface area contributed by atoms with Gasteiger partial charge in [0.05, 0.1) is 0 Å². The maximum absolute atomic E-state index is 11.0. The molecule has 0 radical (unpaired) electrons. The summed E-state index contributed by atoms with van der Waals surface area (Å²) in [5, 5.41) is 13.7. The summed E-state index contributed by atoms with van der Waals surface area (Å²) in [6.45, 7) is 4.06. The first-order valence-corrected chi connectivity index (χ1v) is 7.76. The van der Waals surface area contributed by atoms with Crippen molar-refractivity contribution in [2.45, 2.75) is 19.8 Å². The van der Waals surface area contributed by atoms with Crippen LogP contribution in [0.5, 0.6) is 0 Å². The molecule has 0 aliphatic carbocycles. The Morgan fingerprint density at radius 2 is 1.88 bits per heavy atom. The van der Waals surface area contributed by atoms with Crippen molar-refractivity contribution >= 4 is 17.6 Å². The number of carboxylic acids is 1. The number of aromatic nitrogens is 4. The Morgan fingerprint density at radius 3 is 2.46 bits per heavy atom. The molecule has 2 heterocycles. The number of hydrogen-bond donors (Lipinski definition) is 1. The van der Waals surface area contributed by atoms with E-state index in [2.05, 4.69) is 15.1 Å². The Hall–Kier alpha value is -2.73. The van der Waals surface area contributed by atoms with Crippen LogP contribution in [0.25, 0.3) is 17.2 Å². The smallest absolute Gasteiger partial charge is 0.356 e. The van der Waals surface area contributed by atoms with Crippen LogP contribution in [0, 0.1) is 0 Å². The van der Waals surface area contributed by atoms with Crippen molar-refractivity contribution in [2.75, 3.05) is 0 Å². The molecule has 0 bridgehead atoms. The van der Waals surface area contributed by atoms with E-state index in [1.165, 1.54) is 10.7 Å². The molecule has 0 atom stereocenters. The fraction of sp³-hybridized carbons (Fsp3) is 0.176. The third kappa shape index (κ3) is 3.28. The van der Waals surface area contributed by atoms with Crippen molar-refractivity contribution in [3.05, 3.63) is 59.0 Å². The van der Waals surface area contributed by atoms with Crippen LogP contribution in [0.4, 0.5) is 0 Å². The van der Waals surface area contributed by atoms with E-state index in [0.717, 1.165) is 11.3 Å². The molecule has 0 aliphatic heterocycles. The molecule has 1 aromatic carbocycles. The van der Waals surface area contributed by atoms with E-state index in [1.54, 1.807) is 18.3 Å². The van der Waals surface area contributed by atoms with Gasteiger partial charge in [-0.2, -0.15) is 5.10 Å². The van der Waals surface area contributed by atoms with Crippen molar-refractivity contribution in [3.8, 4) is 17.2 Å². The van der Waals surface area contributed by atoms with E-state index in [-0.39, 0.29) is 11.6 Å². The molecule has 0 saturated carbocycles. The van der Waals surface area contributed by atoms with Crippen LogP contribution in [0.3, 0.4) is 0 Å². The van der Waals surface area contributed by atoms with Crippen LogP contribution >= 0.6 is 11.6 Å². The SMILES string of the molecule is CC(C)c1cc(-n2ccc(C(=O)O)n2)nc(-c2ccc(Cl)cc2)n1. The summed E-state index contributed by atoms with van der Waals surface area (Å²) in [6, 6.07) is 10.5. The highest BCUT2D eigenvalue weighted by atomic mass is 35.5. The van der Waals surface area contributed by atoms with E-state index in [9.17, 15) is 4.79 Å². The monoisotopic (exact) mass is 342 g/mol. The number of hydrogen-bond acceptors (Lipinski definition) is 4. The zero-order valence-corrected chi connectivity index (χ0v) is 13.9. The van der Waals surface area contributed by atoms with Gasteiger partial charge in [-0.25, -0.2) is 19.4 Å². The van der Waals surface area contributed by atoms with Crippen molar-refractivity contribution in [1.82, 2.24) is 19.7 Å². The Kier molecular flexibility index (Phi) is 4.31. The largest absolute Gasteiger partial charge is 0.476 e. The average Bonchev–Trinajstić information content (AvgIpc) is 3.05. The fourth-order valence-corrected chi connectivity index (χ4v) is 2.29. The lowest BCUT2D eigenvalue weighted by Crippen LogP contribution is -2.06. The van der Waals surface area contributed by atoms with Gasteiger partial charge in [0.25, 0.3) is 0 Å². The summed E-state index contributed by atoms with van der Waals surface area (Å²) in [5.41, 5.74) is 1.64. The van der Waals surface area contributed by atoms with Gasteiger partial charge < -0.3 is 5.11 Å². The summed E-state index contributed by atoms with van der Waals surface area (Å²) in [4.78, 5) is 20.1. The summed E-state index contributed by atoms with van der Waals surface area (Å²) >= 11 is 5.93. The lowest BCUT2D eigenvalue weighted by Gasteiger charge is -2.10. The normalized spacial score (nSPS) is 11.0. The molecule has 0 unspecified atom stereocenters.